The third kappa shape index (κ3) is 27.1. The standard InChI is InChI=1S/2C6H15P.2CHF3O3S.Pt/c2*1-4-7(5-2)6-3;2*2-1(3,4)8(5,6)7;/h2*4-6H2,1-3H3;2*(H,5,6,7);/q;;;;+2. The molecule has 0 atom stereocenters. The van der Waals surface area contributed by atoms with E-state index in [1.54, 1.807) is 0 Å². The van der Waals surface area contributed by atoms with Crippen LogP contribution < -0.4 is 0 Å². The quantitative estimate of drug-likeness (QED) is 0.171. The van der Waals surface area contributed by atoms with Crippen LogP contribution in [0.1, 0.15) is 41.5 Å². The van der Waals surface area contributed by atoms with E-state index >= 15 is 0 Å². The summed E-state index contributed by atoms with van der Waals surface area (Å²) in [7, 11) is -11.9. The Kier molecular flexibility index (Phi) is 27.6. The molecule has 0 aliphatic heterocycles. The summed E-state index contributed by atoms with van der Waals surface area (Å²) in [6.07, 6.45) is 8.74. The van der Waals surface area contributed by atoms with Crippen LogP contribution in [0, 0.1) is 0 Å². The predicted molar refractivity (Wildman–Crippen MR) is 111 cm³/mol. The van der Waals surface area contributed by atoms with E-state index in [9.17, 15) is 26.3 Å². The monoisotopic (exact) mass is 731 g/mol. The first-order valence-electron chi connectivity index (χ1n) is 8.91. The summed E-state index contributed by atoms with van der Waals surface area (Å²) >= 11 is 0. The van der Waals surface area contributed by atoms with Gasteiger partial charge in [0.15, 0.2) is 20.2 Å². The molecule has 0 N–H and O–H groups in total. The van der Waals surface area contributed by atoms with Gasteiger partial charge in [-0.05, 0) is 57.4 Å². The molecule has 0 spiro atoms. The van der Waals surface area contributed by atoms with Crippen LogP contribution in [0.3, 0.4) is 0 Å². The first-order valence-corrected chi connectivity index (χ1v) is 16.0. The third-order valence-electron chi connectivity index (χ3n) is 3.57. The number of alkyl halides is 6. The molecule has 0 aromatic carbocycles. The summed E-state index contributed by atoms with van der Waals surface area (Å²) in [4.78, 5) is 0. The molecule has 196 valence electrons. The first kappa shape index (κ1) is 42.1. The molecule has 0 radical (unpaired) electrons. The molecule has 0 aliphatic rings. The number of hydrogen-bond donors (Lipinski definition) is 0. The Labute approximate surface area is 198 Å². The third-order valence-corrected chi connectivity index (χ3v) is 10.7. The number of hydrogen-bond acceptors (Lipinski definition) is 6. The van der Waals surface area contributed by atoms with Crippen LogP contribution in [0.25, 0.3) is 0 Å². The Morgan fingerprint density at radius 2 is 0.645 bits per heavy atom. The summed E-state index contributed by atoms with van der Waals surface area (Å²) in [5.41, 5.74) is -11.3. The van der Waals surface area contributed by atoms with Crippen molar-refractivity contribution in [3.8, 4) is 0 Å². The van der Waals surface area contributed by atoms with E-state index in [2.05, 4.69) is 41.5 Å². The summed E-state index contributed by atoms with van der Waals surface area (Å²) in [5, 5.41) is 0. The van der Waals surface area contributed by atoms with Crippen molar-refractivity contribution in [3.63, 3.8) is 0 Å². The Balaban J connectivity index is -0.0000000961. The van der Waals surface area contributed by atoms with Gasteiger partial charge in [0.05, 0.1) is 37.0 Å². The molecule has 0 fully saturated rings. The van der Waals surface area contributed by atoms with Crippen LogP contribution >= 0.6 is 15.8 Å². The van der Waals surface area contributed by atoms with Crippen molar-refractivity contribution in [3.05, 3.63) is 0 Å². The molecular formula is C14H32F6O6P2PtS2+2. The SMILES string of the molecule is CC[PH+](CC)CC.CC[PH+](CC)CC.O=S(=O)([O-])C(F)(F)F.O=S(=O)([O-])C(F)(F)F.[Pt+2]. The van der Waals surface area contributed by atoms with Crippen molar-refractivity contribution in [2.24, 2.45) is 0 Å². The fourth-order valence-electron chi connectivity index (χ4n) is 1.50. The van der Waals surface area contributed by atoms with Gasteiger partial charge in [-0.1, -0.05) is 0 Å². The molecule has 0 saturated carbocycles. The summed E-state index contributed by atoms with van der Waals surface area (Å²) < 4.78 is 118. The van der Waals surface area contributed by atoms with Crippen LogP contribution in [-0.2, 0) is 41.3 Å². The zero-order valence-electron chi connectivity index (χ0n) is 18.1. The molecular weight excluding hydrogens is 699 g/mol. The molecule has 6 nitrogen and oxygen atoms in total. The Morgan fingerprint density at radius 1 is 0.548 bits per heavy atom. The molecule has 0 bridgehead atoms. The van der Waals surface area contributed by atoms with Crippen molar-refractivity contribution < 1.29 is 73.3 Å². The van der Waals surface area contributed by atoms with Gasteiger partial charge in [0, 0.05) is 0 Å². The number of rotatable bonds is 6. The zero-order valence-corrected chi connectivity index (χ0v) is 24.0. The van der Waals surface area contributed by atoms with Crippen LogP contribution in [0.5, 0.6) is 0 Å². The summed E-state index contributed by atoms with van der Waals surface area (Å²) in [5.74, 6) is 0. The molecule has 17 heteroatoms. The van der Waals surface area contributed by atoms with Crippen LogP contribution in [0.2, 0.25) is 0 Å². The van der Waals surface area contributed by atoms with Gasteiger partial charge in [0.2, 0.25) is 0 Å². The van der Waals surface area contributed by atoms with Crippen LogP contribution in [-0.4, -0.2) is 73.9 Å². The average Bonchev–Trinajstić information content (AvgIpc) is 2.56. The maximum Gasteiger partial charge on any atom is 2.00 e. The maximum atomic E-state index is 10.7. The minimum Gasteiger partial charge on any atom is -0.741 e. The van der Waals surface area contributed by atoms with E-state index < -0.39 is 31.3 Å². The van der Waals surface area contributed by atoms with Crippen molar-refractivity contribution in [2.75, 3.05) is 37.0 Å². The van der Waals surface area contributed by atoms with Crippen molar-refractivity contribution in [2.45, 2.75) is 52.6 Å². The van der Waals surface area contributed by atoms with E-state index in [1.165, 1.54) is 37.0 Å². The van der Waals surface area contributed by atoms with E-state index in [1.807, 2.05) is 0 Å². The second-order valence-electron chi connectivity index (χ2n) is 5.42. The molecule has 0 saturated heterocycles. The second kappa shape index (κ2) is 20.3. The molecule has 0 aromatic heterocycles. The van der Waals surface area contributed by atoms with E-state index in [0.29, 0.717) is 0 Å². The van der Waals surface area contributed by atoms with Crippen molar-refractivity contribution in [1.29, 1.82) is 0 Å². The predicted octanol–water partition coefficient (Wildman–Crippen LogP) is 4.62. The van der Waals surface area contributed by atoms with Crippen LogP contribution in [0.15, 0.2) is 0 Å². The van der Waals surface area contributed by atoms with Gasteiger partial charge in [0.1, 0.15) is 0 Å². The molecule has 0 rings (SSSR count). The first-order chi connectivity index (χ1) is 13.2. The number of halogens is 6. The topological polar surface area (TPSA) is 114 Å². The van der Waals surface area contributed by atoms with Gasteiger partial charge in [-0.25, -0.2) is 16.8 Å². The molecule has 0 heterocycles. The van der Waals surface area contributed by atoms with Crippen molar-refractivity contribution >= 4 is 36.1 Å². The van der Waals surface area contributed by atoms with Gasteiger partial charge in [-0.2, -0.15) is 26.3 Å². The van der Waals surface area contributed by atoms with Gasteiger partial charge in [-0.15, -0.1) is 0 Å². The Morgan fingerprint density at radius 3 is 0.645 bits per heavy atom. The second-order valence-corrected chi connectivity index (χ2v) is 15.4. The maximum absolute atomic E-state index is 10.7. The molecule has 31 heavy (non-hydrogen) atoms. The van der Waals surface area contributed by atoms with Gasteiger partial charge < -0.3 is 9.11 Å². The molecule has 0 amide bonds. The largest absolute Gasteiger partial charge is 2.00 e. The molecule has 0 aliphatic carbocycles. The normalized spacial score (nSPS) is 11.9. The molecule has 0 unspecified atom stereocenters. The van der Waals surface area contributed by atoms with E-state index in [4.69, 9.17) is 25.9 Å². The fourth-order valence-corrected chi connectivity index (χ4v) is 4.50. The minimum atomic E-state index is -6.09. The molecule has 0 aromatic rings. The van der Waals surface area contributed by atoms with Crippen LogP contribution in [0.4, 0.5) is 26.3 Å². The van der Waals surface area contributed by atoms with Gasteiger partial charge in [0.25, 0.3) is 0 Å². The summed E-state index contributed by atoms with van der Waals surface area (Å²) in [6, 6.07) is 0. The van der Waals surface area contributed by atoms with Crippen molar-refractivity contribution in [1.82, 2.24) is 0 Å². The summed E-state index contributed by atoms with van der Waals surface area (Å²) in [6.45, 7) is 13.8. The van der Waals surface area contributed by atoms with E-state index in [-0.39, 0.29) is 36.9 Å². The zero-order chi connectivity index (χ0) is 25.4. The van der Waals surface area contributed by atoms with Gasteiger partial charge in [-0.3, -0.25) is 0 Å². The average molecular weight is 732 g/mol. The smallest absolute Gasteiger partial charge is 0.741 e. The Bertz CT molecular complexity index is 543. The minimum absolute atomic E-state index is 0. The van der Waals surface area contributed by atoms with Gasteiger partial charge >= 0.3 is 32.1 Å². The van der Waals surface area contributed by atoms with E-state index in [0.717, 1.165) is 0 Å². The fraction of sp³-hybridized carbons (Fsp3) is 1.00. The Hall–Kier alpha value is 0.948.